The molecule has 7 nitrogen and oxygen atoms in total. The summed E-state index contributed by atoms with van der Waals surface area (Å²) in [5, 5.41) is 7.04. The fraction of sp³-hybridized carbons (Fsp3) is 0.286. The molecule has 0 spiro atoms. The maximum Gasteiger partial charge on any atom is 0.323 e. The number of nitrogens with zero attached hydrogens (tertiary/aromatic N) is 2. The number of carbonyl (C=O) groups is 1. The Kier molecular flexibility index (Phi) is 3.66. The molecule has 16 heavy (non-hydrogen) atoms. The minimum Gasteiger partial charge on any atom is -0.480 e. The van der Waals surface area contributed by atoms with Crippen LogP contribution in [0.4, 0.5) is 5.82 Å². The van der Waals surface area contributed by atoms with Crippen molar-refractivity contribution >= 4 is 33.4 Å². The molecule has 1 aromatic heterocycles. The van der Waals surface area contributed by atoms with Crippen molar-refractivity contribution < 1.29 is 18.3 Å². The third kappa shape index (κ3) is 3.04. The topological polar surface area (TPSA) is 109 Å². The molecule has 0 saturated carbocycles. The van der Waals surface area contributed by atoms with Gasteiger partial charge in [-0.2, -0.15) is 0 Å². The zero-order chi connectivity index (χ0) is 12.3. The van der Waals surface area contributed by atoms with Crippen LogP contribution in [0.1, 0.15) is 6.92 Å². The van der Waals surface area contributed by atoms with Crippen LogP contribution in [0.25, 0.3) is 0 Å². The van der Waals surface area contributed by atoms with Gasteiger partial charge >= 0.3 is 5.97 Å². The van der Waals surface area contributed by atoms with Crippen LogP contribution in [-0.2, 0) is 14.8 Å². The van der Waals surface area contributed by atoms with Crippen molar-refractivity contribution in [2.45, 2.75) is 12.2 Å². The molecule has 1 unspecified atom stereocenters. The molecule has 88 valence electrons. The number of halogens is 1. The quantitative estimate of drug-likeness (QED) is 0.760. The van der Waals surface area contributed by atoms with Crippen LogP contribution in [0.2, 0.25) is 5.15 Å². The molecule has 0 aromatic carbocycles. The summed E-state index contributed by atoms with van der Waals surface area (Å²) < 4.78 is 24.9. The molecule has 9 heteroatoms. The number of sulfonamides is 1. The maximum atomic E-state index is 11.5. The van der Waals surface area contributed by atoms with Gasteiger partial charge in [0.15, 0.2) is 5.25 Å². The number of aromatic nitrogens is 2. The first-order valence-corrected chi connectivity index (χ1v) is 5.97. The van der Waals surface area contributed by atoms with Gasteiger partial charge in [0.2, 0.25) is 10.0 Å². The molecule has 0 bridgehead atoms. The van der Waals surface area contributed by atoms with E-state index in [9.17, 15) is 13.2 Å². The number of anilines is 1. The van der Waals surface area contributed by atoms with Crippen molar-refractivity contribution in [3.05, 3.63) is 17.5 Å². The van der Waals surface area contributed by atoms with Gasteiger partial charge in [0.05, 0.1) is 0 Å². The molecule has 0 saturated heterocycles. The Hall–Kier alpha value is -1.41. The molecule has 0 aliphatic heterocycles. The lowest BCUT2D eigenvalue weighted by Gasteiger charge is -2.09. The molecule has 1 heterocycles. The average molecular weight is 266 g/mol. The minimum absolute atomic E-state index is 0.0516. The van der Waals surface area contributed by atoms with E-state index in [1.165, 1.54) is 6.07 Å². The van der Waals surface area contributed by atoms with Crippen molar-refractivity contribution in [1.82, 2.24) is 9.97 Å². The third-order valence-corrected chi connectivity index (χ3v) is 3.53. The van der Waals surface area contributed by atoms with Gasteiger partial charge in [0.25, 0.3) is 0 Å². The Morgan fingerprint density at radius 3 is 2.69 bits per heavy atom. The summed E-state index contributed by atoms with van der Waals surface area (Å²) in [7, 11) is -4.03. The molecule has 2 N–H and O–H groups in total. The SMILES string of the molecule is CC(C(=O)O)S(=O)(=O)Nc1cc(Cl)ncn1. The number of hydrogen-bond donors (Lipinski definition) is 2. The normalized spacial score (nSPS) is 13.1. The van der Waals surface area contributed by atoms with E-state index in [0.29, 0.717) is 0 Å². The molecule has 1 rings (SSSR count). The van der Waals surface area contributed by atoms with Crippen LogP contribution < -0.4 is 4.72 Å². The molecular formula is C7H8ClN3O4S. The second-order valence-corrected chi connectivity index (χ2v) is 5.24. The monoisotopic (exact) mass is 265 g/mol. The number of rotatable bonds is 4. The summed E-state index contributed by atoms with van der Waals surface area (Å²) >= 11 is 5.51. The maximum absolute atomic E-state index is 11.5. The highest BCUT2D eigenvalue weighted by molar-refractivity contribution is 7.94. The minimum atomic E-state index is -4.03. The van der Waals surface area contributed by atoms with Crippen LogP contribution in [0.5, 0.6) is 0 Å². The van der Waals surface area contributed by atoms with Crippen LogP contribution in [0.3, 0.4) is 0 Å². The third-order valence-electron chi connectivity index (χ3n) is 1.69. The summed E-state index contributed by atoms with van der Waals surface area (Å²) in [5.41, 5.74) is 0. The van der Waals surface area contributed by atoms with Gasteiger partial charge in [0, 0.05) is 6.07 Å². The molecule has 0 aliphatic rings. The van der Waals surface area contributed by atoms with Gasteiger partial charge in [-0.3, -0.25) is 9.52 Å². The first-order chi connectivity index (χ1) is 7.33. The summed E-state index contributed by atoms with van der Waals surface area (Å²) in [5.74, 6) is -1.53. The van der Waals surface area contributed by atoms with Crippen LogP contribution in [0.15, 0.2) is 12.4 Å². The summed E-state index contributed by atoms with van der Waals surface area (Å²) in [6, 6.07) is 1.17. The second-order valence-electron chi connectivity index (χ2n) is 2.85. The smallest absolute Gasteiger partial charge is 0.323 e. The van der Waals surface area contributed by atoms with Crippen LogP contribution in [-0.4, -0.2) is 34.7 Å². The average Bonchev–Trinajstić information content (AvgIpc) is 2.15. The highest BCUT2D eigenvalue weighted by atomic mass is 35.5. The molecule has 0 aliphatic carbocycles. The molecule has 1 atom stereocenters. The van der Waals surface area contributed by atoms with E-state index in [-0.39, 0.29) is 11.0 Å². The number of hydrogen-bond acceptors (Lipinski definition) is 5. The fourth-order valence-electron chi connectivity index (χ4n) is 0.756. The van der Waals surface area contributed by atoms with Crippen molar-refractivity contribution in [1.29, 1.82) is 0 Å². The van der Waals surface area contributed by atoms with Crippen molar-refractivity contribution in [2.24, 2.45) is 0 Å². The molecule has 0 amide bonds. The summed E-state index contributed by atoms with van der Waals surface area (Å²) in [6.07, 6.45) is 1.06. The van der Waals surface area contributed by atoms with Crippen LogP contribution in [0, 0.1) is 0 Å². The highest BCUT2D eigenvalue weighted by Gasteiger charge is 2.27. The standard InChI is InChI=1S/C7H8ClN3O4S/c1-4(7(12)13)16(14,15)11-6-2-5(8)9-3-10-6/h2-4H,1H3,(H,12,13)(H,9,10,11). The Labute approximate surface area is 96.5 Å². The molecular weight excluding hydrogens is 258 g/mol. The van der Waals surface area contributed by atoms with E-state index in [4.69, 9.17) is 16.7 Å². The van der Waals surface area contributed by atoms with E-state index in [1.807, 2.05) is 4.72 Å². The lowest BCUT2D eigenvalue weighted by atomic mass is 10.5. The van der Waals surface area contributed by atoms with Gasteiger partial charge < -0.3 is 5.11 Å². The predicted molar refractivity (Wildman–Crippen MR) is 56.7 cm³/mol. The summed E-state index contributed by atoms with van der Waals surface area (Å²) in [6.45, 7) is 1.05. The van der Waals surface area contributed by atoms with E-state index in [0.717, 1.165) is 13.3 Å². The zero-order valence-corrected chi connectivity index (χ0v) is 9.66. The lowest BCUT2D eigenvalue weighted by Crippen LogP contribution is -2.32. The van der Waals surface area contributed by atoms with Crippen molar-refractivity contribution in [3.63, 3.8) is 0 Å². The first-order valence-electron chi connectivity index (χ1n) is 4.05. The van der Waals surface area contributed by atoms with Gasteiger partial charge in [-0.05, 0) is 6.92 Å². The number of carboxylic acid groups (broad SMARTS) is 1. The summed E-state index contributed by atoms with van der Waals surface area (Å²) in [4.78, 5) is 17.7. The van der Waals surface area contributed by atoms with Gasteiger partial charge in [-0.25, -0.2) is 18.4 Å². The number of carboxylic acids is 1. The highest BCUT2D eigenvalue weighted by Crippen LogP contribution is 2.12. The van der Waals surface area contributed by atoms with E-state index >= 15 is 0 Å². The number of nitrogens with one attached hydrogen (secondary N) is 1. The lowest BCUT2D eigenvalue weighted by molar-refractivity contribution is -0.136. The zero-order valence-electron chi connectivity index (χ0n) is 8.08. The van der Waals surface area contributed by atoms with Crippen LogP contribution >= 0.6 is 11.6 Å². The van der Waals surface area contributed by atoms with Gasteiger partial charge in [-0.15, -0.1) is 0 Å². The van der Waals surface area contributed by atoms with Gasteiger partial charge in [-0.1, -0.05) is 11.6 Å². The fourth-order valence-corrected chi connectivity index (χ4v) is 1.75. The van der Waals surface area contributed by atoms with Gasteiger partial charge in [0.1, 0.15) is 17.3 Å². The molecule has 0 fully saturated rings. The van der Waals surface area contributed by atoms with Crippen molar-refractivity contribution in [3.8, 4) is 0 Å². The second kappa shape index (κ2) is 4.62. The predicted octanol–water partition coefficient (Wildman–Crippen LogP) is 0.345. The molecule has 1 aromatic rings. The van der Waals surface area contributed by atoms with E-state index < -0.39 is 21.2 Å². The Bertz CT molecular complexity index is 504. The largest absolute Gasteiger partial charge is 0.480 e. The van der Waals surface area contributed by atoms with E-state index in [1.54, 1.807) is 0 Å². The van der Waals surface area contributed by atoms with E-state index in [2.05, 4.69) is 9.97 Å². The Morgan fingerprint density at radius 2 is 2.19 bits per heavy atom. The Morgan fingerprint density at radius 1 is 1.56 bits per heavy atom. The van der Waals surface area contributed by atoms with Crippen molar-refractivity contribution in [2.75, 3.05) is 4.72 Å². The first kappa shape index (κ1) is 12.7. The number of aliphatic carboxylic acids is 1. The Balaban J connectivity index is 2.93. The molecule has 0 radical (unpaired) electrons.